The fourth-order valence-electron chi connectivity index (χ4n) is 3.56. The zero-order chi connectivity index (χ0) is 18.1. The highest BCUT2D eigenvalue weighted by molar-refractivity contribution is 7.85. The van der Waals surface area contributed by atoms with Crippen LogP contribution >= 0.6 is 0 Å². The number of hydrogen-bond donors (Lipinski definition) is 1. The highest BCUT2D eigenvalue weighted by Gasteiger charge is 2.37. The van der Waals surface area contributed by atoms with Crippen molar-refractivity contribution in [3.05, 3.63) is 22.6 Å². The van der Waals surface area contributed by atoms with Crippen LogP contribution in [-0.2, 0) is 10.1 Å². The molecule has 7 nitrogen and oxygen atoms in total. The van der Waals surface area contributed by atoms with Gasteiger partial charge in [-0.25, -0.2) is 0 Å². The van der Waals surface area contributed by atoms with Crippen molar-refractivity contribution in [2.45, 2.75) is 45.1 Å². The number of nitrogens with zero attached hydrogens (tertiary/aromatic N) is 2. The number of nitroso groups, excluding NO2 is 1. The van der Waals surface area contributed by atoms with Gasteiger partial charge >= 0.3 is 0 Å². The summed E-state index contributed by atoms with van der Waals surface area (Å²) >= 11 is 0. The molecular weight excluding hydrogens is 332 g/mol. The van der Waals surface area contributed by atoms with Crippen LogP contribution in [0.25, 0.3) is 0 Å². The summed E-state index contributed by atoms with van der Waals surface area (Å²) in [5.74, 6) is 0.350. The van der Waals surface area contributed by atoms with E-state index in [1.165, 1.54) is 7.11 Å². The molecular formula is C16H24N2O5S. The molecule has 1 aliphatic heterocycles. The van der Waals surface area contributed by atoms with Crippen LogP contribution in [0.4, 0.5) is 11.4 Å². The van der Waals surface area contributed by atoms with Crippen LogP contribution in [0, 0.1) is 4.91 Å². The standard InChI is InChI=1S/C16H24N2O5S/c1-11-10-16(2,3)18(6-5-7-24(20,21)22)14-9-15(23-4)13(17-19)8-12(11)14/h8-9,11H,5-7,10H2,1-4H3,(H,20,21,22). The summed E-state index contributed by atoms with van der Waals surface area (Å²) in [6.07, 6.45) is 1.17. The summed E-state index contributed by atoms with van der Waals surface area (Å²) in [7, 11) is -2.50. The minimum Gasteiger partial charge on any atom is -0.494 e. The lowest BCUT2D eigenvalue weighted by molar-refractivity contribution is 0.372. The summed E-state index contributed by atoms with van der Waals surface area (Å²) in [5, 5.41) is 3.03. The summed E-state index contributed by atoms with van der Waals surface area (Å²) < 4.78 is 36.2. The van der Waals surface area contributed by atoms with E-state index in [2.05, 4.69) is 30.8 Å². The average Bonchev–Trinajstić information content (AvgIpc) is 2.47. The smallest absolute Gasteiger partial charge is 0.264 e. The molecule has 0 spiro atoms. The van der Waals surface area contributed by atoms with Crippen molar-refractivity contribution < 1.29 is 17.7 Å². The van der Waals surface area contributed by atoms with E-state index in [9.17, 15) is 13.3 Å². The second-order valence-corrected chi connectivity index (χ2v) is 8.46. The van der Waals surface area contributed by atoms with Crippen molar-refractivity contribution in [2.24, 2.45) is 5.18 Å². The fourth-order valence-corrected chi connectivity index (χ4v) is 4.05. The molecule has 24 heavy (non-hydrogen) atoms. The number of anilines is 1. The Labute approximate surface area is 142 Å². The zero-order valence-electron chi connectivity index (χ0n) is 14.4. The van der Waals surface area contributed by atoms with Crippen molar-refractivity contribution in [1.82, 2.24) is 0 Å². The molecule has 1 atom stereocenters. The number of fused-ring (bicyclic) bond motifs is 1. The highest BCUT2D eigenvalue weighted by Crippen LogP contribution is 2.47. The van der Waals surface area contributed by atoms with Crippen LogP contribution in [0.5, 0.6) is 5.75 Å². The lowest BCUT2D eigenvalue weighted by Crippen LogP contribution is -2.49. The Morgan fingerprint density at radius 3 is 2.62 bits per heavy atom. The molecule has 0 aliphatic carbocycles. The minimum atomic E-state index is -3.98. The maximum atomic E-state index is 11.0. The number of hydrogen-bond acceptors (Lipinski definition) is 6. The topological polar surface area (TPSA) is 96.3 Å². The zero-order valence-corrected chi connectivity index (χ0v) is 15.3. The molecule has 1 aromatic rings. The van der Waals surface area contributed by atoms with Crippen LogP contribution in [0.15, 0.2) is 17.3 Å². The van der Waals surface area contributed by atoms with E-state index in [0.717, 1.165) is 17.7 Å². The molecule has 0 saturated carbocycles. The van der Waals surface area contributed by atoms with E-state index in [-0.39, 0.29) is 22.9 Å². The van der Waals surface area contributed by atoms with E-state index in [4.69, 9.17) is 9.29 Å². The molecule has 134 valence electrons. The van der Waals surface area contributed by atoms with Gasteiger partial charge in [-0.3, -0.25) is 4.55 Å². The first-order chi connectivity index (χ1) is 11.1. The molecule has 0 saturated heterocycles. The maximum absolute atomic E-state index is 11.0. The van der Waals surface area contributed by atoms with Gasteiger partial charge in [-0.05, 0) is 49.4 Å². The Balaban J connectivity index is 2.43. The monoisotopic (exact) mass is 356 g/mol. The number of benzene rings is 1. The van der Waals surface area contributed by atoms with Gasteiger partial charge in [-0.2, -0.15) is 8.42 Å². The van der Waals surface area contributed by atoms with Gasteiger partial charge in [0.05, 0.1) is 12.9 Å². The Bertz CT molecular complexity index is 730. The molecule has 1 aromatic carbocycles. The Morgan fingerprint density at radius 1 is 1.42 bits per heavy atom. The molecule has 0 bridgehead atoms. The molecule has 1 aliphatic rings. The van der Waals surface area contributed by atoms with Gasteiger partial charge in [0, 0.05) is 23.8 Å². The normalized spacial score (nSPS) is 19.7. The predicted octanol–water partition coefficient (Wildman–Crippen LogP) is 3.46. The Kier molecular flexibility index (Phi) is 5.19. The maximum Gasteiger partial charge on any atom is 0.264 e. The van der Waals surface area contributed by atoms with Crippen molar-refractivity contribution in [3.8, 4) is 5.75 Å². The summed E-state index contributed by atoms with van der Waals surface area (Å²) in [6, 6.07) is 3.54. The third-order valence-corrected chi connectivity index (χ3v) is 5.37. The van der Waals surface area contributed by atoms with E-state index in [1.807, 2.05) is 0 Å². The first-order valence-electron chi connectivity index (χ1n) is 7.87. The Hall–Kier alpha value is -1.67. The van der Waals surface area contributed by atoms with Crippen LogP contribution in [0.1, 0.15) is 45.1 Å². The third kappa shape index (κ3) is 3.87. The van der Waals surface area contributed by atoms with Crippen molar-refractivity contribution in [2.75, 3.05) is 24.3 Å². The van der Waals surface area contributed by atoms with Crippen molar-refractivity contribution in [1.29, 1.82) is 0 Å². The predicted molar refractivity (Wildman–Crippen MR) is 93.9 cm³/mol. The molecule has 0 amide bonds. The van der Waals surface area contributed by atoms with Crippen LogP contribution < -0.4 is 9.64 Å². The van der Waals surface area contributed by atoms with Gasteiger partial charge < -0.3 is 9.64 Å². The van der Waals surface area contributed by atoms with E-state index in [0.29, 0.717) is 18.7 Å². The van der Waals surface area contributed by atoms with Crippen molar-refractivity contribution in [3.63, 3.8) is 0 Å². The molecule has 1 unspecified atom stereocenters. The van der Waals surface area contributed by atoms with Crippen molar-refractivity contribution >= 4 is 21.5 Å². The number of rotatable bonds is 6. The summed E-state index contributed by atoms with van der Waals surface area (Å²) in [6.45, 7) is 6.76. The van der Waals surface area contributed by atoms with Gasteiger partial charge in [-0.1, -0.05) is 6.92 Å². The second-order valence-electron chi connectivity index (χ2n) is 6.88. The first-order valence-corrected chi connectivity index (χ1v) is 9.48. The first kappa shape index (κ1) is 18.7. The van der Waals surface area contributed by atoms with Crippen LogP contribution in [0.2, 0.25) is 0 Å². The lowest BCUT2D eigenvalue weighted by Gasteiger charge is -2.47. The molecule has 1 N–H and O–H groups in total. The molecule has 2 rings (SSSR count). The summed E-state index contributed by atoms with van der Waals surface area (Å²) in [5.41, 5.74) is 1.99. The number of methoxy groups -OCH3 is 1. The van der Waals surface area contributed by atoms with Gasteiger partial charge in [0.25, 0.3) is 10.1 Å². The van der Waals surface area contributed by atoms with Gasteiger partial charge in [0.15, 0.2) is 0 Å². The summed E-state index contributed by atoms with van der Waals surface area (Å²) in [4.78, 5) is 13.1. The van der Waals surface area contributed by atoms with Crippen LogP contribution in [0.3, 0.4) is 0 Å². The van der Waals surface area contributed by atoms with Gasteiger partial charge in [-0.15, -0.1) is 4.91 Å². The second kappa shape index (κ2) is 6.68. The van der Waals surface area contributed by atoms with Crippen LogP contribution in [-0.4, -0.2) is 37.9 Å². The largest absolute Gasteiger partial charge is 0.494 e. The molecule has 0 aromatic heterocycles. The quantitative estimate of drug-likeness (QED) is 0.619. The minimum absolute atomic E-state index is 0.188. The number of ether oxygens (including phenoxy) is 1. The van der Waals surface area contributed by atoms with E-state index >= 15 is 0 Å². The van der Waals surface area contributed by atoms with Gasteiger partial charge in [0.1, 0.15) is 11.4 Å². The van der Waals surface area contributed by atoms with E-state index in [1.54, 1.807) is 12.1 Å². The van der Waals surface area contributed by atoms with E-state index < -0.39 is 10.1 Å². The average molecular weight is 356 g/mol. The third-order valence-electron chi connectivity index (χ3n) is 4.57. The Morgan fingerprint density at radius 2 is 2.08 bits per heavy atom. The molecule has 1 heterocycles. The lowest BCUT2D eigenvalue weighted by atomic mass is 9.79. The molecule has 0 radical (unpaired) electrons. The fraction of sp³-hybridized carbons (Fsp3) is 0.625. The SMILES string of the molecule is COc1cc2c(cc1N=O)C(C)CC(C)(C)N2CCCS(=O)(=O)O. The molecule has 0 fully saturated rings. The van der Waals surface area contributed by atoms with Gasteiger partial charge in [0.2, 0.25) is 0 Å². The molecule has 8 heteroatoms. The highest BCUT2D eigenvalue weighted by atomic mass is 32.2.